The maximum absolute atomic E-state index is 12.2. The molecule has 2 N–H and O–H groups in total. The molecular formula is C11H24N2O3Si. The van der Waals surface area contributed by atoms with Crippen LogP contribution in [-0.2, 0) is 14.2 Å². The number of rotatable bonds is 4. The number of hydrogen-bond acceptors (Lipinski definition) is 5. The van der Waals surface area contributed by atoms with E-state index in [0.717, 1.165) is 19.4 Å². The van der Waals surface area contributed by atoms with E-state index in [1.807, 2.05) is 33.9 Å². The fourth-order valence-corrected chi connectivity index (χ4v) is 2.35. The highest BCUT2D eigenvalue weighted by molar-refractivity contribution is 6.48. The summed E-state index contributed by atoms with van der Waals surface area (Å²) in [6.07, 6.45) is 1.79. The Labute approximate surface area is 105 Å². The Bertz CT molecular complexity index is 270. The topological polar surface area (TPSA) is 59.6 Å². The molecule has 17 heavy (non-hydrogen) atoms. The van der Waals surface area contributed by atoms with E-state index < -0.39 is 14.6 Å². The van der Waals surface area contributed by atoms with Crippen molar-refractivity contribution < 1.29 is 14.2 Å². The van der Waals surface area contributed by atoms with Crippen molar-refractivity contribution in [2.24, 2.45) is 5.41 Å². The third-order valence-corrected chi connectivity index (χ3v) is 3.77. The van der Waals surface area contributed by atoms with Crippen LogP contribution in [0, 0.1) is 5.41 Å². The van der Waals surface area contributed by atoms with Crippen LogP contribution in [0.5, 0.6) is 0 Å². The Morgan fingerprint density at radius 3 is 2.47 bits per heavy atom. The van der Waals surface area contributed by atoms with Gasteiger partial charge in [0.2, 0.25) is 9.04 Å². The van der Waals surface area contributed by atoms with Crippen LogP contribution >= 0.6 is 0 Å². The molecule has 100 valence electrons. The Morgan fingerprint density at radius 2 is 2.06 bits per heavy atom. The van der Waals surface area contributed by atoms with Crippen molar-refractivity contribution in [3.05, 3.63) is 0 Å². The van der Waals surface area contributed by atoms with Crippen molar-refractivity contribution in [1.29, 1.82) is 0 Å². The van der Waals surface area contributed by atoms with Gasteiger partial charge >= 0.3 is 5.97 Å². The Kier molecular flexibility index (Phi) is 4.71. The Balaban J connectivity index is 2.63. The number of hydrogen-bond donors (Lipinski definition) is 2. The SMILES string of the molecule is C[SiH](C)ONOC(=O)[C@]1(C(C)(C)C)CCCN1. The van der Waals surface area contributed by atoms with Gasteiger partial charge in [-0.15, -0.1) is 0 Å². The molecule has 0 saturated carbocycles. The fourth-order valence-electron chi connectivity index (χ4n) is 2.11. The zero-order valence-electron chi connectivity index (χ0n) is 11.4. The first-order valence-electron chi connectivity index (χ1n) is 6.16. The maximum atomic E-state index is 12.2. The van der Waals surface area contributed by atoms with E-state index >= 15 is 0 Å². The van der Waals surface area contributed by atoms with Crippen molar-refractivity contribution in [1.82, 2.24) is 11.0 Å². The molecule has 1 rings (SSSR count). The molecule has 1 heterocycles. The summed E-state index contributed by atoms with van der Waals surface area (Å²) in [5, 5.41) is 3.29. The van der Waals surface area contributed by atoms with Crippen molar-refractivity contribution in [2.45, 2.75) is 52.2 Å². The molecule has 0 spiro atoms. The zero-order valence-corrected chi connectivity index (χ0v) is 12.6. The fraction of sp³-hybridized carbons (Fsp3) is 0.909. The van der Waals surface area contributed by atoms with Gasteiger partial charge in [-0.05, 0) is 43.5 Å². The highest BCUT2D eigenvalue weighted by atomic mass is 28.3. The van der Waals surface area contributed by atoms with Gasteiger partial charge in [0, 0.05) is 0 Å². The molecule has 6 heteroatoms. The molecule has 0 aromatic rings. The monoisotopic (exact) mass is 260 g/mol. The summed E-state index contributed by atoms with van der Waals surface area (Å²) in [7, 11) is -1.24. The second-order valence-corrected chi connectivity index (χ2v) is 8.16. The lowest BCUT2D eigenvalue weighted by atomic mass is 9.72. The van der Waals surface area contributed by atoms with Crippen molar-refractivity contribution in [3.8, 4) is 0 Å². The lowest BCUT2D eigenvalue weighted by Gasteiger charge is -2.39. The molecule has 0 aliphatic carbocycles. The predicted octanol–water partition coefficient (Wildman–Crippen LogP) is 1.12. The minimum atomic E-state index is -1.24. The van der Waals surface area contributed by atoms with E-state index in [9.17, 15) is 4.79 Å². The highest BCUT2D eigenvalue weighted by Crippen LogP contribution is 2.38. The van der Waals surface area contributed by atoms with E-state index in [1.54, 1.807) is 0 Å². The van der Waals surface area contributed by atoms with E-state index in [0.29, 0.717) is 0 Å². The molecular weight excluding hydrogens is 236 g/mol. The molecule has 0 amide bonds. The molecule has 0 bridgehead atoms. The number of carbonyl (C=O) groups is 1. The summed E-state index contributed by atoms with van der Waals surface area (Å²) < 4.78 is 5.15. The summed E-state index contributed by atoms with van der Waals surface area (Å²) in [6, 6.07) is 0. The summed E-state index contributed by atoms with van der Waals surface area (Å²) in [5.41, 5.74) is 1.54. The van der Waals surface area contributed by atoms with Crippen LogP contribution < -0.4 is 11.0 Å². The lowest BCUT2D eigenvalue weighted by molar-refractivity contribution is -0.184. The zero-order chi connectivity index (χ0) is 13.1. The molecule has 1 aliphatic heterocycles. The van der Waals surface area contributed by atoms with Gasteiger partial charge in [0.05, 0.1) is 0 Å². The van der Waals surface area contributed by atoms with Crippen LogP contribution in [0.2, 0.25) is 13.1 Å². The van der Waals surface area contributed by atoms with Crippen LogP contribution in [0.15, 0.2) is 0 Å². The van der Waals surface area contributed by atoms with Crippen LogP contribution in [-0.4, -0.2) is 27.1 Å². The van der Waals surface area contributed by atoms with Crippen LogP contribution in [0.4, 0.5) is 0 Å². The minimum absolute atomic E-state index is 0.183. The predicted molar refractivity (Wildman–Crippen MR) is 68.6 cm³/mol. The average molecular weight is 260 g/mol. The Hall–Kier alpha value is -0.433. The van der Waals surface area contributed by atoms with Gasteiger partial charge < -0.3 is 14.7 Å². The maximum Gasteiger partial charge on any atom is 0.348 e. The summed E-state index contributed by atoms with van der Waals surface area (Å²) in [5.74, 6) is -0.280. The average Bonchev–Trinajstić information content (AvgIpc) is 2.65. The molecule has 0 aromatic heterocycles. The van der Waals surface area contributed by atoms with Crippen LogP contribution in [0.1, 0.15) is 33.6 Å². The second-order valence-electron chi connectivity index (χ2n) is 5.83. The van der Waals surface area contributed by atoms with Gasteiger partial charge in [-0.3, -0.25) is 0 Å². The second kappa shape index (κ2) is 5.47. The molecule has 0 aromatic carbocycles. The quantitative estimate of drug-likeness (QED) is 0.586. The molecule has 1 saturated heterocycles. The van der Waals surface area contributed by atoms with E-state index in [4.69, 9.17) is 9.36 Å². The van der Waals surface area contributed by atoms with Gasteiger partial charge in [0.25, 0.3) is 0 Å². The minimum Gasteiger partial charge on any atom is -0.344 e. The van der Waals surface area contributed by atoms with Gasteiger partial charge in [0.15, 0.2) is 0 Å². The smallest absolute Gasteiger partial charge is 0.344 e. The molecule has 1 aliphatic rings. The van der Waals surface area contributed by atoms with Gasteiger partial charge in [-0.25, -0.2) is 4.79 Å². The molecule has 0 radical (unpaired) electrons. The molecule has 0 unspecified atom stereocenters. The first-order valence-corrected chi connectivity index (χ1v) is 8.94. The van der Waals surface area contributed by atoms with Gasteiger partial charge in [-0.2, -0.15) is 0 Å². The number of nitrogens with one attached hydrogen (secondary N) is 2. The summed E-state index contributed by atoms with van der Waals surface area (Å²) in [4.78, 5) is 17.2. The number of carbonyl (C=O) groups excluding carboxylic acids is 1. The molecule has 1 fully saturated rings. The summed E-state index contributed by atoms with van der Waals surface area (Å²) in [6.45, 7) is 11.0. The first kappa shape index (κ1) is 14.6. The van der Waals surface area contributed by atoms with E-state index in [2.05, 4.69) is 11.0 Å². The van der Waals surface area contributed by atoms with Crippen LogP contribution in [0.3, 0.4) is 0 Å². The standard InChI is InChI=1S/C11H24N2O3Si/c1-10(2,3)11(7-6-8-12-11)9(14)15-13-16-17(4)5/h12-13,17H,6-8H2,1-5H3/t11-/m0/s1. The van der Waals surface area contributed by atoms with Gasteiger partial charge in [0.1, 0.15) is 5.54 Å². The normalized spacial score (nSPS) is 25.3. The Morgan fingerprint density at radius 1 is 1.41 bits per heavy atom. The van der Waals surface area contributed by atoms with Crippen molar-refractivity contribution in [3.63, 3.8) is 0 Å². The van der Waals surface area contributed by atoms with Crippen LogP contribution in [0.25, 0.3) is 0 Å². The third-order valence-electron chi connectivity index (χ3n) is 3.20. The van der Waals surface area contributed by atoms with Crippen molar-refractivity contribution >= 4 is 15.0 Å². The lowest BCUT2D eigenvalue weighted by Crippen LogP contribution is -2.58. The summed E-state index contributed by atoms with van der Waals surface area (Å²) >= 11 is 0. The van der Waals surface area contributed by atoms with E-state index in [-0.39, 0.29) is 11.4 Å². The third kappa shape index (κ3) is 3.28. The molecule has 1 atom stereocenters. The van der Waals surface area contributed by atoms with E-state index in [1.165, 1.54) is 0 Å². The largest absolute Gasteiger partial charge is 0.348 e. The first-order chi connectivity index (χ1) is 7.79. The highest BCUT2D eigenvalue weighted by Gasteiger charge is 2.51. The van der Waals surface area contributed by atoms with Gasteiger partial charge in [-0.1, -0.05) is 20.8 Å². The molecule has 5 nitrogen and oxygen atoms in total. The van der Waals surface area contributed by atoms with Crippen molar-refractivity contribution in [2.75, 3.05) is 6.54 Å².